The zero-order chi connectivity index (χ0) is 14.1. The van der Waals surface area contributed by atoms with Gasteiger partial charge < -0.3 is 45.3 Å². The SMILES string of the molecule is O=C([O-])[C@@]1(O)C[C@@H](O)[C@@H](O)C([C@H](O)[C@H](O)CO)O1. The Balaban J connectivity index is 2.92. The maximum atomic E-state index is 10.7. The highest BCUT2D eigenvalue weighted by molar-refractivity contribution is 5.73. The summed E-state index contributed by atoms with van der Waals surface area (Å²) >= 11 is 0. The van der Waals surface area contributed by atoms with Crippen LogP contribution in [-0.4, -0.2) is 79.5 Å². The second-order valence-electron chi connectivity index (χ2n) is 4.16. The van der Waals surface area contributed by atoms with Crippen molar-refractivity contribution in [2.75, 3.05) is 6.61 Å². The van der Waals surface area contributed by atoms with Crippen molar-refractivity contribution in [2.24, 2.45) is 0 Å². The van der Waals surface area contributed by atoms with E-state index < -0.39 is 55.3 Å². The van der Waals surface area contributed by atoms with Gasteiger partial charge in [0.25, 0.3) is 0 Å². The smallest absolute Gasteiger partial charge is 0.210 e. The van der Waals surface area contributed by atoms with Gasteiger partial charge >= 0.3 is 0 Å². The number of carbonyl (C=O) groups is 1. The molecule has 1 saturated heterocycles. The Morgan fingerprint density at radius 1 is 1.44 bits per heavy atom. The Kier molecular flexibility index (Phi) is 4.61. The van der Waals surface area contributed by atoms with E-state index in [1.165, 1.54) is 0 Å². The molecular formula is C9H15O9-. The van der Waals surface area contributed by atoms with Crippen molar-refractivity contribution in [1.29, 1.82) is 0 Å². The first-order chi connectivity index (χ1) is 8.23. The summed E-state index contributed by atoms with van der Waals surface area (Å²) in [7, 11) is 0. The van der Waals surface area contributed by atoms with Gasteiger partial charge in [-0.05, 0) is 0 Å². The lowest BCUT2D eigenvalue weighted by Crippen LogP contribution is -2.65. The molecular weight excluding hydrogens is 252 g/mol. The standard InChI is InChI=1S/C9H16O9/c10-2-4(12)6(14)7-5(13)3(11)1-9(17,18-7)8(15)16/h3-7,10-14,17H,1-2H2,(H,15,16)/p-1/t3-,4-,5-,6-,7?,9-/m1/s1. The molecule has 1 heterocycles. The van der Waals surface area contributed by atoms with E-state index in [9.17, 15) is 35.4 Å². The topological polar surface area (TPSA) is 171 Å². The lowest BCUT2D eigenvalue weighted by molar-refractivity contribution is -0.380. The van der Waals surface area contributed by atoms with Gasteiger partial charge in [-0.15, -0.1) is 0 Å². The minimum atomic E-state index is -2.89. The van der Waals surface area contributed by atoms with Crippen LogP contribution in [0.2, 0.25) is 0 Å². The number of aliphatic hydroxyl groups excluding tert-OH is 5. The van der Waals surface area contributed by atoms with Gasteiger partial charge in [0.05, 0.1) is 12.7 Å². The van der Waals surface area contributed by atoms with Crippen molar-refractivity contribution in [3.8, 4) is 0 Å². The molecule has 1 aliphatic rings. The largest absolute Gasteiger partial charge is 0.544 e. The first-order valence-corrected chi connectivity index (χ1v) is 5.17. The molecule has 0 aliphatic carbocycles. The second kappa shape index (κ2) is 5.45. The van der Waals surface area contributed by atoms with Gasteiger partial charge in [0.15, 0.2) is 0 Å². The first-order valence-electron chi connectivity index (χ1n) is 5.17. The molecule has 18 heavy (non-hydrogen) atoms. The van der Waals surface area contributed by atoms with Crippen LogP contribution in [0.15, 0.2) is 0 Å². The van der Waals surface area contributed by atoms with E-state index in [1.54, 1.807) is 0 Å². The predicted molar refractivity (Wildman–Crippen MR) is 50.6 cm³/mol. The molecule has 9 heteroatoms. The van der Waals surface area contributed by atoms with Crippen LogP contribution in [0.3, 0.4) is 0 Å². The molecule has 1 unspecified atom stereocenters. The van der Waals surface area contributed by atoms with Crippen molar-refractivity contribution in [2.45, 2.75) is 42.7 Å². The zero-order valence-corrected chi connectivity index (χ0v) is 9.21. The molecule has 0 saturated carbocycles. The molecule has 6 N–H and O–H groups in total. The van der Waals surface area contributed by atoms with Crippen LogP contribution in [0.5, 0.6) is 0 Å². The molecule has 1 rings (SSSR count). The second-order valence-corrected chi connectivity index (χ2v) is 4.16. The third kappa shape index (κ3) is 2.78. The van der Waals surface area contributed by atoms with Crippen LogP contribution < -0.4 is 5.11 Å². The van der Waals surface area contributed by atoms with E-state index in [0.29, 0.717) is 0 Å². The number of hydrogen-bond acceptors (Lipinski definition) is 9. The molecule has 0 aromatic rings. The van der Waals surface area contributed by atoms with Gasteiger partial charge in [0, 0.05) is 6.42 Å². The Morgan fingerprint density at radius 2 is 2.00 bits per heavy atom. The average Bonchev–Trinajstić information content (AvgIpc) is 2.31. The summed E-state index contributed by atoms with van der Waals surface area (Å²) in [5.41, 5.74) is 0. The van der Waals surface area contributed by atoms with Crippen LogP contribution in [0.4, 0.5) is 0 Å². The number of rotatable bonds is 4. The third-order valence-electron chi connectivity index (χ3n) is 2.78. The molecule has 9 nitrogen and oxygen atoms in total. The molecule has 0 aromatic carbocycles. The summed E-state index contributed by atoms with van der Waals surface area (Å²) < 4.78 is 4.57. The molecule has 1 aliphatic heterocycles. The summed E-state index contributed by atoms with van der Waals surface area (Å²) in [6.07, 6.45) is -9.71. The Hall–Kier alpha value is -0.810. The summed E-state index contributed by atoms with van der Waals surface area (Å²) in [6, 6.07) is 0. The van der Waals surface area contributed by atoms with Crippen LogP contribution in [-0.2, 0) is 9.53 Å². The van der Waals surface area contributed by atoms with E-state index in [2.05, 4.69) is 4.74 Å². The van der Waals surface area contributed by atoms with E-state index >= 15 is 0 Å². The highest BCUT2D eigenvalue weighted by Crippen LogP contribution is 2.29. The lowest BCUT2D eigenvalue weighted by atomic mass is 9.91. The number of carboxylic acid groups (broad SMARTS) is 1. The summed E-state index contributed by atoms with van der Waals surface area (Å²) in [5.74, 6) is -4.94. The highest BCUT2D eigenvalue weighted by Gasteiger charge is 2.49. The fourth-order valence-electron chi connectivity index (χ4n) is 1.70. The third-order valence-corrected chi connectivity index (χ3v) is 2.78. The first kappa shape index (κ1) is 15.2. The van der Waals surface area contributed by atoms with Gasteiger partial charge in [0.2, 0.25) is 5.79 Å². The summed E-state index contributed by atoms with van der Waals surface area (Å²) in [4.78, 5) is 10.7. The number of ether oxygens (including phenoxy) is 1. The number of aliphatic carboxylic acids is 1. The zero-order valence-electron chi connectivity index (χ0n) is 9.21. The van der Waals surface area contributed by atoms with E-state index in [-0.39, 0.29) is 0 Å². The maximum Gasteiger partial charge on any atom is 0.210 e. The normalized spacial score (nSPS) is 40.2. The summed E-state index contributed by atoms with van der Waals surface area (Å²) in [6.45, 7) is -0.881. The van der Waals surface area contributed by atoms with Gasteiger partial charge in [-0.25, -0.2) is 0 Å². The van der Waals surface area contributed by atoms with Gasteiger partial charge in [0.1, 0.15) is 30.4 Å². The number of hydrogen-bond donors (Lipinski definition) is 6. The Bertz CT molecular complexity index is 308. The molecule has 6 atom stereocenters. The molecule has 0 aromatic heterocycles. The van der Waals surface area contributed by atoms with Crippen LogP contribution >= 0.6 is 0 Å². The molecule has 0 radical (unpaired) electrons. The predicted octanol–water partition coefficient (Wildman–Crippen LogP) is -5.35. The van der Waals surface area contributed by atoms with Crippen molar-refractivity contribution < 1.29 is 45.3 Å². The maximum absolute atomic E-state index is 10.7. The van der Waals surface area contributed by atoms with E-state index in [4.69, 9.17) is 5.11 Å². The Labute approximate surface area is 101 Å². The van der Waals surface area contributed by atoms with Gasteiger partial charge in [-0.3, -0.25) is 0 Å². The molecule has 0 spiro atoms. The highest BCUT2D eigenvalue weighted by atomic mass is 16.7. The fraction of sp³-hybridized carbons (Fsp3) is 0.889. The molecule has 106 valence electrons. The van der Waals surface area contributed by atoms with E-state index in [0.717, 1.165) is 0 Å². The van der Waals surface area contributed by atoms with Gasteiger partial charge in [-0.2, -0.15) is 0 Å². The average molecular weight is 267 g/mol. The van der Waals surface area contributed by atoms with Crippen LogP contribution in [0.1, 0.15) is 6.42 Å². The number of carbonyl (C=O) groups excluding carboxylic acids is 1. The lowest BCUT2D eigenvalue weighted by Gasteiger charge is -2.44. The summed E-state index contributed by atoms with van der Waals surface area (Å²) in [5, 5.41) is 66.4. The van der Waals surface area contributed by atoms with Gasteiger partial charge in [-0.1, -0.05) is 0 Å². The Morgan fingerprint density at radius 3 is 2.44 bits per heavy atom. The minimum Gasteiger partial charge on any atom is -0.544 e. The number of aliphatic hydroxyl groups is 6. The molecule has 1 fully saturated rings. The molecule has 0 amide bonds. The van der Waals surface area contributed by atoms with Crippen LogP contribution in [0, 0.1) is 0 Å². The minimum absolute atomic E-state index is 0.852. The fourth-order valence-corrected chi connectivity index (χ4v) is 1.70. The van der Waals surface area contributed by atoms with Crippen molar-refractivity contribution >= 4 is 5.97 Å². The van der Waals surface area contributed by atoms with Crippen molar-refractivity contribution in [3.63, 3.8) is 0 Å². The van der Waals surface area contributed by atoms with E-state index in [1.807, 2.05) is 0 Å². The monoisotopic (exact) mass is 267 g/mol. The number of carboxylic acids is 1. The van der Waals surface area contributed by atoms with Crippen molar-refractivity contribution in [1.82, 2.24) is 0 Å². The van der Waals surface area contributed by atoms with Crippen molar-refractivity contribution in [3.05, 3.63) is 0 Å². The molecule has 0 bridgehead atoms. The van der Waals surface area contributed by atoms with Crippen LogP contribution in [0.25, 0.3) is 0 Å². The quantitative estimate of drug-likeness (QED) is 0.291.